The molecule has 0 spiro atoms. The Bertz CT molecular complexity index is 537. The van der Waals surface area contributed by atoms with Gasteiger partial charge < -0.3 is 30.5 Å². The largest absolute Gasteiger partial charge is 0.505 e. The maximum atomic E-state index is 12.1. The van der Waals surface area contributed by atoms with E-state index in [1.165, 1.54) is 13.1 Å². The van der Waals surface area contributed by atoms with Crippen LogP contribution in [0.4, 0.5) is 0 Å². The Balaban J connectivity index is 2.14. The number of hydrogen-bond acceptors (Lipinski definition) is 7. The van der Waals surface area contributed by atoms with Crippen molar-refractivity contribution in [1.29, 1.82) is 0 Å². The number of carbonyl (C=O) groups excluding carboxylic acids is 1. The van der Waals surface area contributed by atoms with Crippen molar-refractivity contribution < 1.29 is 30.0 Å². The van der Waals surface area contributed by atoms with Gasteiger partial charge in [-0.25, -0.2) is 4.98 Å². The number of pyridine rings is 1. The van der Waals surface area contributed by atoms with Gasteiger partial charge in [-0.1, -0.05) is 0 Å². The molecule has 1 aromatic rings. The van der Waals surface area contributed by atoms with Gasteiger partial charge in [0, 0.05) is 6.20 Å². The van der Waals surface area contributed by atoms with Crippen LogP contribution in [0.2, 0.25) is 0 Å². The van der Waals surface area contributed by atoms with Crippen LogP contribution >= 0.6 is 0 Å². The van der Waals surface area contributed by atoms with Crippen molar-refractivity contribution in [2.75, 3.05) is 0 Å². The van der Waals surface area contributed by atoms with Crippen LogP contribution in [0.1, 0.15) is 23.0 Å². The first kappa shape index (κ1) is 15.6. The zero-order valence-electron chi connectivity index (χ0n) is 11.6. The third-order valence-corrected chi connectivity index (χ3v) is 3.47. The van der Waals surface area contributed by atoms with Crippen LogP contribution in [0.15, 0.2) is 12.3 Å². The van der Waals surface area contributed by atoms with Gasteiger partial charge >= 0.3 is 0 Å². The second-order valence-corrected chi connectivity index (χ2v) is 5.03. The van der Waals surface area contributed by atoms with Gasteiger partial charge in [-0.3, -0.25) is 4.79 Å². The molecule has 2 heterocycles. The highest BCUT2D eigenvalue weighted by molar-refractivity contribution is 5.95. The van der Waals surface area contributed by atoms with Crippen molar-refractivity contribution >= 4 is 5.91 Å². The first-order chi connectivity index (χ1) is 9.82. The third kappa shape index (κ3) is 2.98. The van der Waals surface area contributed by atoms with E-state index in [2.05, 4.69) is 10.3 Å². The summed E-state index contributed by atoms with van der Waals surface area (Å²) in [5.74, 6) is -1.02. The standard InChI is InChI=1S/C13H18N2O6/c1-5-3-4-14-7(8(5)16)12(20)15-13-11(19)10(18)9(17)6(2)21-13/h3-4,6,9-11,13,16-19H,1-2H3,(H,15,20)/t6-,9-,10+,11-,13-/m0/s1. The topological polar surface area (TPSA) is 132 Å². The van der Waals surface area contributed by atoms with Crippen LogP contribution < -0.4 is 5.32 Å². The molecule has 5 N–H and O–H groups in total. The highest BCUT2D eigenvalue weighted by atomic mass is 16.5. The summed E-state index contributed by atoms with van der Waals surface area (Å²) in [5.41, 5.74) is 0.267. The Morgan fingerprint density at radius 2 is 1.95 bits per heavy atom. The first-order valence-electron chi connectivity index (χ1n) is 6.48. The molecule has 8 nitrogen and oxygen atoms in total. The second kappa shape index (κ2) is 5.94. The van der Waals surface area contributed by atoms with E-state index in [4.69, 9.17) is 4.74 Å². The molecule has 1 amide bonds. The lowest BCUT2D eigenvalue weighted by Gasteiger charge is -2.39. The first-order valence-corrected chi connectivity index (χ1v) is 6.48. The molecule has 1 fully saturated rings. The molecule has 1 aliphatic rings. The predicted octanol–water partition coefficient (Wildman–Crippen LogP) is -1.35. The average Bonchev–Trinajstić information content (AvgIpc) is 2.45. The van der Waals surface area contributed by atoms with Gasteiger partial charge in [-0.2, -0.15) is 0 Å². The fraction of sp³-hybridized carbons (Fsp3) is 0.538. The Hall–Kier alpha value is -1.74. The molecule has 1 aliphatic heterocycles. The Labute approximate surface area is 121 Å². The van der Waals surface area contributed by atoms with Crippen molar-refractivity contribution in [3.63, 3.8) is 0 Å². The van der Waals surface area contributed by atoms with Crippen LogP contribution in [0, 0.1) is 6.92 Å². The summed E-state index contributed by atoms with van der Waals surface area (Å²) in [6.07, 6.45) is -4.81. The van der Waals surface area contributed by atoms with E-state index >= 15 is 0 Å². The molecule has 8 heteroatoms. The van der Waals surface area contributed by atoms with E-state index in [1.807, 2.05) is 0 Å². The Kier molecular flexibility index (Phi) is 4.43. The molecule has 0 saturated carbocycles. The minimum Gasteiger partial charge on any atom is -0.505 e. The highest BCUT2D eigenvalue weighted by Gasteiger charge is 2.42. The van der Waals surface area contributed by atoms with Crippen LogP contribution in [0.3, 0.4) is 0 Å². The van der Waals surface area contributed by atoms with Gasteiger partial charge in [0.15, 0.2) is 11.9 Å². The number of aliphatic hydroxyl groups is 3. The quantitative estimate of drug-likeness (QED) is 0.456. The molecule has 5 atom stereocenters. The molecule has 0 aromatic carbocycles. The van der Waals surface area contributed by atoms with Crippen LogP contribution in [0.5, 0.6) is 5.75 Å². The van der Waals surface area contributed by atoms with Crippen molar-refractivity contribution in [1.82, 2.24) is 10.3 Å². The molecule has 0 radical (unpaired) electrons. The van der Waals surface area contributed by atoms with Gasteiger partial charge in [0.1, 0.15) is 24.1 Å². The number of aromatic nitrogens is 1. The predicted molar refractivity (Wildman–Crippen MR) is 70.5 cm³/mol. The molecule has 0 aliphatic carbocycles. The van der Waals surface area contributed by atoms with Crippen molar-refractivity contribution in [2.24, 2.45) is 0 Å². The van der Waals surface area contributed by atoms with Crippen LogP contribution in [0.25, 0.3) is 0 Å². The number of amides is 1. The van der Waals surface area contributed by atoms with E-state index in [9.17, 15) is 25.2 Å². The molecule has 21 heavy (non-hydrogen) atoms. The van der Waals surface area contributed by atoms with Crippen molar-refractivity contribution in [2.45, 2.75) is 44.5 Å². The molecular weight excluding hydrogens is 280 g/mol. The number of nitrogens with zero attached hydrogens (tertiary/aromatic N) is 1. The van der Waals surface area contributed by atoms with Gasteiger partial charge in [-0.05, 0) is 25.5 Å². The van der Waals surface area contributed by atoms with Gasteiger partial charge in [-0.15, -0.1) is 0 Å². The lowest BCUT2D eigenvalue weighted by Crippen LogP contribution is -2.61. The maximum Gasteiger partial charge on any atom is 0.275 e. The summed E-state index contributed by atoms with van der Waals surface area (Å²) in [6.45, 7) is 3.11. The molecule has 116 valence electrons. The van der Waals surface area contributed by atoms with Crippen molar-refractivity contribution in [3.05, 3.63) is 23.5 Å². The summed E-state index contributed by atoms with van der Waals surface area (Å²) < 4.78 is 5.24. The van der Waals surface area contributed by atoms with Gasteiger partial charge in [0.2, 0.25) is 0 Å². The minimum absolute atomic E-state index is 0.209. The number of rotatable bonds is 2. The number of aromatic hydroxyl groups is 1. The van der Waals surface area contributed by atoms with Gasteiger partial charge in [0.05, 0.1) is 6.10 Å². The molecule has 0 unspecified atom stereocenters. The number of hydrogen-bond donors (Lipinski definition) is 5. The van der Waals surface area contributed by atoms with E-state index in [0.717, 1.165) is 0 Å². The van der Waals surface area contributed by atoms with E-state index in [-0.39, 0.29) is 11.4 Å². The summed E-state index contributed by atoms with van der Waals surface area (Å²) in [4.78, 5) is 15.8. The van der Waals surface area contributed by atoms with Gasteiger partial charge in [0.25, 0.3) is 5.91 Å². The Morgan fingerprint density at radius 3 is 2.62 bits per heavy atom. The fourth-order valence-corrected chi connectivity index (χ4v) is 2.08. The molecule has 1 aromatic heterocycles. The molecule has 1 saturated heterocycles. The average molecular weight is 298 g/mol. The lowest BCUT2D eigenvalue weighted by molar-refractivity contribution is -0.221. The van der Waals surface area contributed by atoms with E-state index < -0.39 is 36.6 Å². The summed E-state index contributed by atoms with van der Waals surface area (Å²) in [7, 11) is 0. The fourth-order valence-electron chi connectivity index (χ4n) is 2.08. The number of ether oxygens (including phenoxy) is 1. The highest BCUT2D eigenvalue weighted by Crippen LogP contribution is 2.22. The second-order valence-electron chi connectivity index (χ2n) is 5.03. The zero-order chi connectivity index (χ0) is 15.7. The maximum absolute atomic E-state index is 12.1. The van der Waals surface area contributed by atoms with Crippen LogP contribution in [-0.4, -0.2) is 62.0 Å². The van der Waals surface area contributed by atoms with E-state index in [0.29, 0.717) is 5.56 Å². The van der Waals surface area contributed by atoms with Crippen LogP contribution in [-0.2, 0) is 4.74 Å². The summed E-state index contributed by atoms with van der Waals surface area (Å²) in [5, 5.41) is 41.2. The number of aliphatic hydroxyl groups excluding tert-OH is 3. The molecular formula is C13H18N2O6. The number of carbonyl (C=O) groups is 1. The summed E-state index contributed by atoms with van der Waals surface area (Å²) >= 11 is 0. The van der Waals surface area contributed by atoms with E-state index in [1.54, 1.807) is 13.0 Å². The summed E-state index contributed by atoms with van der Waals surface area (Å²) in [6, 6.07) is 1.54. The monoisotopic (exact) mass is 298 g/mol. The number of nitrogens with one attached hydrogen (secondary N) is 1. The SMILES string of the molecule is Cc1ccnc(C(=O)N[C@H]2O[C@@H](C)[C@H](O)[C@@H](O)[C@@H]2O)c1O. The smallest absolute Gasteiger partial charge is 0.275 e. The lowest BCUT2D eigenvalue weighted by atomic mass is 9.99. The zero-order valence-corrected chi connectivity index (χ0v) is 11.6. The molecule has 0 bridgehead atoms. The number of aryl methyl sites for hydroxylation is 1. The normalized spacial score (nSPS) is 32.7. The molecule has 2 rings (SSSR count). The Morgan fingerprint density at radius 1 is 1.29 bits per heavy atom. The van der Waals surface area contributed by atoms with Crippen molar-refractivity contribution in [3.8, 4) is 5.75 Å². The third-order valence-electron chi connectivity index (χ3n) is 3.47. The minimum atomic E-state index is -1.49.